The molecule has 0 fully saturated rings. The van der Waals surface area contributed by atoms with Crippen molar-refractivity contribution in [2.45, 2.75) is 18.5 Å². The molecule has 0 amide bonds. The third-order valence-electron chi connectivity index (χ3n) is 3.65. The number of benzene rings is 2. The lowest BCUT2D eigenvalue weighted by Crippen LogP contribution is -2.24. The lowest BCUT2D eigenvalue weighted by Gasteiger charge is -2.12. The number of ketones is 1. The van der Waals surface area contributed by atoms with E-state index in [1.54, 1.807) is 48.5 Å². The van der Waals surface area contributed by atoms with E-state index in [4.69, 9.17) is 9.47 Å². The molecular weight excluding hydrogens is 345 g/mol. The lowest BCUT2D eigenvalue weighted by atomic mass is 9.93. The quantitative estimate of drug-likeness (QED) is 0.742. The molecule has 3 nitrogen and oxygen atoms in total. The van der Waals surface area contributed by atoms with Crippen LogP contribution in [0.2, 0.25) is 0 Å². The van der Waals surface area contributed by atoms with Crippen LogP contribution in [0.15, 0.2) is 48.5 Å². The predicted octanol–water partition coefficient (Wildman–Crippen LogP) is 4.36. The highest BCUT2D eigenvalue weighted by atomic mass is 19.4. The number of halogens is 3. The van der Waals surface area contributed by atoms with Crippen LogP contribution in [0.1, 0.15) is 23.5 Å². The van der Waals surface area contributed by atoms with Crippen LogP contribution in [0.5, 0.6) is 11.5 Å². The second-order valence-corrected chi connectivity index (χ2v) is 5.46. The number of hydrogen-bond acceptors (Lipinski definition) is 3. The van der Waals surface area contributed by atoms with Crippen molar-refractivity contribution >= 4 is 5.78 Å². The van der Waals surface area contributed by atoms with Gasteiger partial charge in [0.25, 0.3) is 0 Å². The summed E-state index contributed by atoms with van der Waals surface area (Å²) in [6.45, 7) is 0. The third kappa shape index (κ3) is 5.28. The van der Waals surface area contributed by atoms with Crippen LogP contribution in [0, 0.1) is 11.8 Å². The van der Waals surface area contributed by atoms with E-state index in [1.165, 1.54) is 14.2 Å². The highest BCUT2D eigenvalue weighted by Crippen LogP contribution is 2.27. The standard InChI is InChI=1S/C20H17F3O3/c1-25-17-10-14(11-18(13-17)26-2)8-9-16(12-19(24)20(21,22)23)15-6-4-3-5-7-15/h3-7,10-11,13,16H,12H2,1-2H3/t16-/m1/s1. The Bertz CT molecular complexity index is 795. The van der Waals surface area contributed by atoms with E-state index < -0.39 is 24.3 Å². The molecular formula is C20H17F3O3. The first-order valence-electron chi connectivity index (χ1n) is 7.73. The summed E-state index contributed by atoms with van der Waals surface area (Å²) < 4.78 is 48.3. The summed E-state index contributed by atoms with van der Waals surface area (Å²) >= 11 is 0. The maximum atomic E-state index is 12.7. The summed E-state index contributed by atoms with van der Waals surface area (Å²) in [7, 11) is 2.97. The fourth-order valence-corrected chi connectivity index (χ4v) is 2.29. The van der Waals surface area contributed by atoms with Gasteiger partial charge in [-0.25, -0.2) is 0 Å². The average Bonchev–Trinajstić information content (AvgIpc) is 2.64. The van der Waals surface area contributed by atoms with E-state index in [1.807, 2.05) is 0 Å². The summed E-state index contributed by atoms with van der Waals surface area (Å²) in [6, 6.07) is 13.4. The average molecular weight is 362 g/mol. The number of methoxy groups -OCH3 is 2. The molecule has 2 rings (SSSR count). The van der Waals surface area contributed by atoms with Gasteiger partial charge in [0.05, 0.1) is 20.1 Å². The van der Waals surface area contributed by atoms with Crippen molar-refractivity contribution in [2.75, 3.05) is 14.2 Å². The highest BCUT2D eigenvalue weighted by Gasteiger charge is 2.39. The Morgan fingerprint density at radius 3 is 2.12 bits per heavy atom. The van der Waals surface area contributed by atoms with Gasteiger partial charge in [0.1, 0.15) is 11.5 Å². The van der Waals surface area contributed by atoms with Gasteiger partial charge >= 0.3 is 6.18 Å². The lowest BCUT2D eigenvalue weighted by molar-refractivity contribution is -0.171. The molecule has 0 saturated carbocycles. The maximum Gasteiger partial charge on any atom is 0.450 e. The Balaban J connectivity index is 2.37. The Morgan fingerprint density at radius 1 is 1.04 bits per heavy atom. The number of ether oxygens (including phenoxy) is 2. The molecule has 0 spiro atoms. The summed E-state index contributed by atoms with van der Waals surface area (Å²) in [4.78, 5) is 11.4. The van der Waals surface area contributed by atoms with Crippen LogP contribution < -0.4 is 9.47 Å². The first-order chi connectivity index (χ1) is 12.3. The van der Waals surface area contributed by atoms with Crippen LogP contribution in [-0.4, -0.2) is 26.2 Å². The van der Waals surface area contributed by atoms with Crippen molar-refractivity contribution in [2.24, 2.45) is 0 Å². The highest BCUT2D eigenvalue weighted by molar-refractivity contribution is 5.85. The second kappa shape index (κ2) is 8.43. The summed E-state index contributed by atoms with van der Waals surface area (Å²) in [6.07, 6.45) is -5.62. The zero-order valence-corrected chi connectivity index (χ0v) is 14.3. The number of carbonyl (C=O) groups excluding carboxylic acids is 1. The molecule has 2 aromatic carbocycles. The van der Waals surface area contributed by atoms with Crippen molar-refractivity contribution in [1.29, 1.82) is 0 Å². The zero-order valence-electron chi connectivity index (χ0n) is 14.3. The van der Waals surface area contributed by atoms with Gasteiger partial charge in [-0.3, -0.25) is 4.79 Å². The topological polar surface area (TPSA) is 35.5 Å². The molecule has 0 unspecified atom stereocenters. The third-order valence-corrected chi connectivity index (χ3v) is 3.65. The van der Waals surface area contributed by atoms with Crippen molar-refractivity contribution in [3.8, 4) is 23.3 Å². The molecule has 1 atom stereocenters. The molecule has 0 aliphatic heterocycles. The number of alkyl halides is 3. The van der Waals surface area contributed by atoms with Gasteiger partial charge in [-0.1, -0.05) is 42.2 Å². The van der Waals surface area contributed by atoms with Crippen LogP contribution in [0.3, 0.4) is 0 Å². The monoisotopic (exact) mass is 362 g/mol. The minimum atomic E-state index is -4.88. The van der Waals surface area contributed by atoms with Crippen LogP contribution in [0.25, 0.3) is 0 Å². The van der Waals surface area contributed by atoms with E-state index in [-0.39, 0.29) is 0 Å². The predicted molar refractivity (Wildman–Crippen MR) is 91.3 cm³/mol. The van der Waals surface area contributed by atoms with E-state index in [0.29, 0.717) is 22.6 Å². The van der Waals surface area contributed by atoms with Gasteiger partial charge < -0.3 is 9.47 Å². The van der Waals surface area contributed by atoms with Gasteiger partial charge in [0.2, 0.25) is 5.78 Å². The molecule has 136 valence electrons. The fourth-order valence-electron chi connectivity index (χ4n) is 2.29. The molecule has 0 heterocycles. The van der Waals surface area contributed by atoms with Crippen molar-refractivity contribution < 1.29 is 27.4 Å². The molecule has 0 saturated heterocycles. The number of Topliss-reactive ketones (excluding diaryl/α,β-unsaturated/α-hetero) is 1. The van der Waals surface area contributed by atoms with Crippen molar-refractivity contribution in [1.82, 2.24) is 0 Å². The zero-order chi connectivity index (χ0) is 19.2. The number of rotatable bonds is 5. The maximum absolute atomic E-state index is 12.7. The number of hydrogen-bond donors (Lipinski definition) is 0. The van der Waals surface area contributed by atoms with Crippen LogP contribution >= 0.6 is 0 Å². The Hall–Kier alpha value is -2.94. The largest absolute Gasteiger partial charge is 0.497 e. The molecule has 2 aromatic rings. The second-order valence-electron chi connectivity index (χ2n) is 5.46. The first kappa shape index (κ1) is 19.4. The minimum Gasteiger partial charge on any atom is -0.497 e. The van der Waals surface area contributed by atoms with Gasteiger partial charge in [0, 0.05) is 18.1 Å². The Morgan fingerprint density at radius 2 is 1.62 bits per heavy atom. The molecule has 26 heavy (non-hydrogen) atoms. The Kier molecular flexibility index (Phi) is 6.29. The van der Waals surface area contributed by atoms with E-state index in [2.05, 4.69) is 11.8 Å². The van der Waals surface area contributed by atoms with Gasteiger partial charge in [-0.05, 0) is 17.7 Å². The summed E-state index contributed by atoms with van der Waals surface area (Å²) in [5, 5.41) is 0. The number of carbonyl (C=O) groups is 1. The summed E-state index contributed by atoms with van der Waals surface area (Å²) in [5.74, 6) is 3.94. The Labute approximate surface area is 149 Å². The molecule has 0 aliphatic carbocycles. The van der Waals surface area contributed by atoms with Gasteiger partial charge in [-0.15, -0.1) is 0 Å². The minimum absolute atomic E-state index is 0.510. The van der Waals surface area contributed by atoms with Gasteiger partial charge in [-0.2, -0.15) is 13.2 Å². The summed E-state index contributed by atoms with van der Waals surface area (Å²) in [5.41, 5.74) is 1.06. The molecule has 0 aromatic heterocycles. The first-order valence-corrected chi connectivity index (χ1v) is 7.73. The normalized spacial score (nSPS) is 11.9. The van der Waals surface area contributed by atoms with E-state index in [0.717, 1.165) is 0 Å². The fraction of sp³-hybridized carbons (Fsp3) is 0.250. The van der Waals surface area contributed by atoms with Crippen molar-refractivity contribution in [3.63, 3.8) is 0 Å². The van der Waals surface area contributed by atoms with Gasteiger partial charge in [0.15, 0.2) is 0 Å². The molecule has 0 radical (unpaired) electrons. The van der Waals surface area contributed by atoms with Crippen molar-refractivity contribution in [3.05, 3.63) is 59.7 Å². The molecule has 0 N–H and O–H groups in total. The smallest absolute Gasteiger partial charge is 0.450 e. The SMILES string of the molecule is COc1cc(C#C[C@H](CC(=O)C(F)(F)F)c2ccccc2)cc(OC)c1. The molecule has 6 heteroatoms. The van der Waals surface area contributed by atoms with E-state index in [9.17, 15) is 18.0 Å². The van der Waals surface area contributed by atoms with Crippen LogP contribution in [-0.2, 0) is 4.79 Å². The van der Waals surface area contributed by atoms with E-state index >= 15 is 0 Å². The molecule has 0 aliphatic rings. The van der Waals surface area contributed by atoms with Crippen LogP contribution in [0.4, 0.5) is 13.2 Å². The molecule has 0 bridgehead atoms.